The summed E-state index contributed by atoms with van der Waals surface area (Å²) in [5.41, 5.74) is 26.6. The molecule has 20 rings (SSSR count). The van der Waals surface area contributed by atoms with Crippen LogP contribution in [0, 0.1) is 0 Å². The van der Waals surface area contributed by atoms with E-state index in [4.69, 9.17) is 0 Å². The van der Waals surface area contributed by atoms with E-state index in [1.165, 1.54) is 159 Å². The molecule has 0 fully saturated rings. The first-order valence-corrected chi connectivity index (χ1v) is 33.7. The van der Waals surface area contributed by atoms with Crippen LogP contribution in [-0.2, 0) is 0 Å². The highest BCUT2D eigenvalue weighted by Gasteiger charge is 2.20. The van der Waals surface area contributed by atoms with E-state index in [0.717, 1.165) is 17.1 Å². The van der Waals surface area contributed by atoms with Gasteiger partial charge in [0.2, 0.25) is 0 Å². The van der Waals surface area contributed by atoms with Crippen LogP contribution in [0.2, 0.25) is 0 Å². The molecular formula is C94H62N4. The monoisotopic (exact) mass is 1250 g/mol. The van der Waals surface area contributed by atoms with Crippen LogP contribution in [0.1, 0.15) is 0 Å². The molecule has 16 aromatic carbocycles. The standard InChI is InChI=1S/C48H32N2.C46H30N2/c1-3-11-33(12-4-1)35-19-25-39(26-20-35)49-45-17-9-7-15-41(45)43-31-37(23-29-47(43)49)38-24-30-48-44(32-38)42-16-8-10-18-46(42)50(48)40-27-21-36(22-28-40)34-13-5-2-6-14-34;1-2-12-37(13-3-1)47-43-16-8-6-14-39(43)41-29-35(22-26-45(41)47)36-23-27-46-42(30-36)40-15-7-9-17-44(40)48(46)38-24-20-32(21-25-38)34-19-18-31-10-4-5-11-33(31)28-34/h1-32H;1-30H. The van der Waals surface area contributed by atoms with E-state index in [9.17, 15) is 0 Å². The van der Waals surface area contributed by atoms with Crippen molar-refractivity contribution in [1.29, 1.82) is 0 Å². The molecule has 4 heterocycles. The maximum Gasteiger partial charge on any atom is 0.0541 e. The second-order valence-corrected chi connectivity index (χ2v) is 25.6. The Morgan fingerprint density at radius 2 is 0.347 bits per heavy atom. The molecule has 0 radical (unpaired) electrons. The van der Waals surface area contributed by atoms with Crippen LogP contribution in [0.25, 0.3) is 176 Å². The number of para-hydroxylation sites is 5. The van der Waals surface area contributed by atoms with Gasteiger partial charge in [-0.05, 0) is 194 Å². The summed E-state index contributed by atoms with van der Waals surface area (Å²) in [6.07, 6.45) is 0. The van der Waals surface area contributed by atoms with E-state index in [2.05, 4.69) is 394 Å². The van der Waals surface area contributed by atoms with Crippen molar-refractivity contribution in [1.82, 2.24) is 18.3 Å². The molecule has 98 heavy (non-hydrogen) atoms. The molecule has 0 saturated heterocycles. The smallest absolute Gasteiger partial charge is 0.0541 e. The van der Waals surface area contributed by atoms with Gasteiger partial charge >= 0.3 is 0 Å². The van der Waals surface area contributed by atoms with Gasteiger partial charge in [-0.3, -0.25) is 0 Å². The molecule has 0 aliphatic carbocycles. The number of aromatic nitrogens is 4. The third-order valence-corrected chi connectivity index (χ3v) is 20.0. The second-order valence-electron chi connectivity index (χ2n) is 25.6. The fraction of sp³-hybridized carbons (Fsp3) is 0. The molecule has 0 N–H and O–H groups in total. The summed E-state index contributed by atoms with van der Waals surface area (Å²) in [6.45, 7) is 0. The minimum absolute atomic E-state index is 1.16. The van der Waals surface area contributed by atoms with Gasteiger partial charge in [-0.25, -0.2) is 0 Å². The number of hydrogen-bond donors (Lipinski definition) is 0. The summed E-state index contributed by atoms with van der Waals surface area (Å²) in [5.74, 6) is 0. The van der Waals surface area contributed by atoms with Gasteiger partial charge in [0.25, 0.3) is 0 Å². The zero-order valence-electron chi connectivity index (χ0n) is 53.6. The lowest BCUT2D eigenvalue weighted by molar-refractivity contribution is 1.18. The van der Waals surface area contributed by atoms with Crippen LogP contribution in [0.4, 0.5) is 0 Å². The van der Waals surface area contributed by atoms with E-state index < -0.39 is 0 Å². The van der Waals surface area contributed by atoms with Crippen LogP contribution in [0.15, 0.2) is 376 Å². The summed E-state index contributed by atoms with van der Waals surface area (Å²) in [7, 11) is 0. The molecule has 0 saturated carbocycles. The SMILES string of the molecule is c1ccc(-c2ccc(-n3c4ccccc4c4cc(-c5ccc6c(c5)c5ccccc5n6-c5ccc(-c6ccccc6)cc5)ccc43)cc2)cc1.c1ccc(-n2c3ccccc3c3cc(-c4ccc5c(c4)c4ccccc4n5-c4ccc(-c5ccc6ccccc6c5)cc4)ccc32)cc1. The van der Waals surface area contributed by atoms with Gasteiger partial charge in [-0.1, -0.05) is 249 Å². The zero-order valence-corrected chi connectivity index (χ0v) is 53.6. The highest BCUT2D eigenvalue weighted by atomic mass is 15.0. The molecule has 20 aromatic rings. The molecule has 0 amide bonds. The highest BCUT2D eigenvalue weighted by molar-refractivity contribution is 6.15. The van der Waals surface area contributed by atoms with Crippen LogP contribution in [0.5, 0.6) is 0 Å². The maximum atomic E-state index is 2.40. The maximum absolute atomic E-state index is 2.40. The van der Waals surface area contributed by atoms with E-state index >= 15 is 0 Å². The topological polar surface area (TPSA) is 19.7 Å². The Balaban J connectivity index is 0.000000137. The van der Waals surface area contributed by atoms with E-state index in [1.807, 2.05) is 0 Å². The minimum atomic E-state index is 1.16. The van der Waals surface area contributed by atoms with Gasteiger partial charge in [-0.15, -0.1) is 0 Å². The molecule has 4 aromatic heterocycles. The average molecular weight is 1250 g/mol. The first-order chi connectivity index (χ1) is 48.6. The Bertz CT molecular complexity index is 6230. The Morgan fingerprint density at radius 1 is 0.122 bits per heavy atom. The molecule has 0 atom stereocenters. The predicted molar refractivity (Wildman–Crippen MR) is 415 cm³/mol. The van der Waals surface area contributed by atoms with Crippen molar-refractivity contribution in [3.05, 3.63) is 376 Å². The summed E-state index contributed by atoms with van der Waals surface area (Å²) in [4.78, 5) is 0. The lowest BCUT2D eigenvalue weighted by Crippen LogP contribution is -1.94. The number of rotatable bonds is 9. The van der Waals surface area contributed by atoms with E-state index in [0.29, 0.717) is 0 Å². The molecule has 0 aliphatic rings. The van der Waals surface area contributed by atoms with Crippen molar-refractivity contribution in [2.24, 2.45) is 0 Å². The number of hydrogen-bond acceptors (Lipinski definition) is 0. The molecule has 4 heteroatoms. The number of benzene rings is 16. The summed E-state index contributed by atoms with van der Waals surface area (Å²) >= 11 is 0. The van der Waals surface area contributed by atoms with Crippen molar-refractivity contribution in [2.45, 2.75) is 0 Å². The first kappa shape index (κ1) is 56.5. The zero-order chi connectivity index (χ0) is 64.6. The van der Waals surface area contributed by atoms with Crippen LogP contribution in [-0.4, -0.2) is 18.3 Å². The quantitative estimate of drug-likeness (QED) is 0.137. The largest absolute Gasteiger partial charge is 0.309 e. The third-order valence-electron chi connectivity index (χ3n) is 20.0. The van der Waals surface area contributed by atoms with Crippen molar-refractivity contribution in [3.63, 3.8) is 0 Å². The van der Waals surface area contributed by atoms with Crippen molar-refractivity contribution >= 4 is 98.0 Å². The number of nitrogens with zero attached hydrogens (tertiary/aromatic N) is 4. The number of fused-ring (bicyclic) bond motifs is 13. The van der Waals surface area contributed by atoms with Gasteiger partial charge in [0.1, 0.15) is 0 Å². The molecule has 458 valence electrons. The van der Waals surface area contributed by atoms with Crippen LogP contribution < -0.4 is 0 Å². The molecule has 0 bridgehead atoms. The van der Waals surface area contributed by atoms with Gasteiger partial charge < -0.3 is 18.3 Å². The fourth-order valence-electron chi connectivity index (χ4n) is 15.3. The molecule has 0 unspecified atom stereocenters. The van der Waals surface area contributed by atoms with Gasteiger partial charge in [0.05, 0.1) is 44.1 Å². The Kier molecular flexibility index (Phi) is 13.5. The minimum Gasteiger partial charge on any atom is -0.309 e. The molecule has 0 aliphatic heterocycles. The lowest BCUT2D eigenvalue weighted by atomic mass is 10.0. The van der Waals surface area contributed by atoms with Crippen molar-refractivity contribution in [3.8, 4) is 78.4 Å². The summed E-state index contributed by atoms with van der Waals surface area (Å²) in [5, 5.41) is 12.6. The van der Waals surface area contributed by atoms with Crippen molar-refractivity contribution < 1.29 is 0 Å². The lowest BCUT2D eigenvalue weighted by Gasteiger charge is -2.11. The van der Waals surface area contributed by atoms with Gasteiger partial charge in [0.15, 0.2) is 0 Å². The van der Waals surface area contributed by atoms with Gasteiger partial charge in [0, 0.05) is 65.8 Å². The normalized spacial score (nSPS) is 11.7. The van der Waals surface area contributed by atoms with Crippen LogP contribution in [0.3, 0.4) is 0 Å². The Morgan fingerprint density at radius 3 is 0.694 bits per heavy atom. The Hall–Kier alpha value is -13.0. The van der Waals surface area contributed by atoms with Gasteiger partial charge in [-0.2, -0.15) is 0 Å². The molecule has 4 nitrogen and oxygen atoms in total. The first-order valence-electron chi connectivity index (χ1n) is 33.7. The summed E-state index contributed by atoms with van der Waals surface area (Å²) in [6, 6.07) is 137. The van der Waals surface area contributed by atoms with E-state index in [1.54, 1.807) is 0 Å². The van der Waals surface area contributed by atoms with Crippen molar-refractivity contribution in [2.75, 3.05) is 0 Å². The fourth-order valence-corrected chi connectivity index (χ4v) is 15.3. The second kappa shape index (κ2) is 23.5. The molecule has 0 spiro atoms. The predicted octanol–water partition coefficient (Wildman–Crippen LogP) is 25.2. The van der Waals surface area contributed by atoms with Crippen LogP contribution >= 0.6 is 0 Å². The summed E-state index contributed by atoms with van der Waals surface area (Å²) < 4.78 is 9.55. The average Bonchev–Trinajstić information content (AvgIpc) is 1.59. The highest BCUT2D eigenvalue weighted by Crippen LogP contribution is 2.42. The van der Waals surface area contributed by atoms with E-state index in [-0.39, 0.29) is 0 Å². The third kappa shape index (κ3) is 9.60. The molecular weight excluding hydrogens is 1190 g/mol. The Labute approximate surface area is 567 Å².